The van der Waals surface area contributed by atoms with Crippen molar-refractivity contribution < 1.29 is 5.11 Å². The highest BCUT2D eigenvalue weighted by molar-refractivity contribution is 6.55. The summed E-state index contributed by atoms with van der Waals surface area (Å²) in [5.41, 5.74) is -0.166. The van der Waals surface area contributed by atoms with Crippen molar-refractivity contribution in [3.8, 4) is 0 Å². The fraction of sp³-hybridized carbons (Fsp3) is 0.667. The van der Waals surface area contributed by atoms with E-state index in [9.17, 15) is 5.11 Å². The second kappa shape index (κ2) is 3.44. The summed E-state index contributed by atoms with van der Waals surface area (Å²) < 4.78 is 0. The standard InChI is InChI=1S/C9H17BNO/c1-7(6-11)10-8(2,3)9(4,5)12/h6,11-12H,1H2,2-5H3. The lowest BCUT2D eigenvalue weighted by Gasteiger charge is -2.37. The monoisotopic (exact) mass is 166 g/mol. The van der Waals surface area contributed by atoms with Crippen molar-refractivity contribution in [2.45, 2.75) is 38.6 Å². The second-order valence-electron chi connectivity index (χ2n) is 4.14. The number of aliphatic hydroxyl groups is 1. The fourth-order valence-corrected chi connectivity index (χ4v) is 0.682. The van der Waals surface area contributed by atoms with E-state index in [1.165, 1.54) is 6.21 Å². The highest BCUT2D eigenvalue weighted by atomic mass is 16.3. The molecule has 12 heavy (non-hydrogen) atoms. The summed E-state index contributed by atoms with van der Waals surface area (Å²) in [6.45, 7) is 11.0. The van der Waals surface area contributed by atoms with Gasteiger partial charge in [-0.15, -0.1) is 6.58 Å². The molecular formula is C9H17BNO. The predicted octanol–water partition coefficient (Wildman–Crippen LogP) is 1.82. The molecule has 0 spiro atoms. The minimum atomic E-state index is -0.793. The first-order valence-electron chi connectivity index (χ1n) is 3.98. The number of nitrogens with one attached hydrogen (secondary N) is 1. The average Bonchev–Trinajstić information content (AvgIpc) is 1.84. The Balaban J connectivity index is 4.43. The summed E-state index contributed by atoms with van der Waals surface area (Å²) in [5, 5.41) is 16.3. The quantitative estimate of drug-likeness (QED) is 0.485. The fourth-order valence-electron chi connectivity index (χ4n) is 0.682. The van der Waals surface area contributed by atoms with E-state index < -0.39 is 5.60 Å². The predicted molar refractivity (Wildman–Crippen MR) is 54.0 cm³/mol. The molecule has 0 saturated carbocycles. The molecule has 0 aliphatic carbocycles. The zero-order valence-electron chi connectivity index (χ0n) is 8.31. The van der Waals surface area contributed by atoms with Gasteiger partial charge in [0.2, 0.25) is 0 Å². The third-order valence-electron chi connectivity index (χ3n) is 2.31. The first-order chi connectivity index (χ1) is 5.20. The minimum absolute atomic E-state index is 0.359. The summed E-state index contributed by atoms with van der Waals surface area (Å²) in [6.07, 6.45) is 1.19. The van der Waals surface area contributed by atoms with Gasteiger partial charge in [-0.25, -0.2) is 0 Å². The Morgan fingerprint density at radius 3 is 2.08 bits per heavy atom. The SMILES string of the molecule is C=C([B]C(C)(C)C(C)(C)O)C=N. The highest BCUT2D eigenvalue weighted by Crippen LogP contribution is 2.37. The Bertz CT molecular complexity index is 191. The van der Waals surface area contributed by atoms with E-state index >= 15 is 0 Å². The number of allylic oxidation sites excluding steroid dienone is 1. The first-order valence-corrected chi connectivity index (χ1v) is 3.98. The lowest BCUT2D eigenvalue weighted by atomic mass is 9.45. The van der Waals surface area contributed by atoms with Crippen molar-refractivity contribution in [2.24, 2.45) is 0 Å². The van der Waals surface area contributed by atoms with Crippen LogP contribution in [0.25, 0.3) is 0 Å². The zero-order valence-corrected chi connectivity index (χ0v) is 8.31. The molecular weight excluding hydrogens is 149 g/mol. The molecule has 0 unspecified atom stereocenters. The van der Waals surface area contributed by atoms with E-state index in [4.69, 9.17) is 5.41 Å². The van der Waals surface area contributed by atoms with Gasteiger partial charge in [0.25, 0.3) is 0 Å². The summed E-state index contributed by atoms with van der Waals surface area (Å²) in [5.74, 6) is 0. The van der Waals surface area contributed by atoms with E-state index in [-0.39, 0.29) is 5.31 Å². The Morgan fingerprint density at radius 1 is 1.42 bits per heavy atom. The van der Waals surface area contributed by atoms with Crippen molar-refractivity contribution >= 4 is 13.5 Å². The van der Waals surface area contributed by atoms with Crippen LogP contribution in [0.5, 0.6) is 0 Å². The van der Waals surface area contributed by atoms with Gasteiger partial charge < -0.3 is 10.5 Å². The molecule has 0 aromatic carbocycles. The molecule has 0 rings (SSSR count). The van der Waals surface area contributed by atoms with Crippen LogP contribution in [0.4, 0.5) is 0 Å². The molecule has 0 aliphatic rings. The van der Waals surface area contributed by atoms with E-state index in [1.54, 1.807) is 21.1 Å². The maximum atomic E-state index is 9.74. The van der Waals surface area contributed by atoms with Crippen LogP contribution in [0.15, 0.2) is 12.1 Å². The summed E-state index contributed by atoms with van der Waals surface area (Å²) in [4.78, 5) is 0. The second-order valence-corrected chi connectivity index (χ2v) is 4.14. The smallest absolute Gasteiger partial charge is 0.163 e. The maximum Gasteiger partial charge on any atom is 0.163 e. The van der Waals surface area contributed by atoms with Crippen LogP contribution in [0.3, 0.4) is 0 Å². The van der Waals surface area contributed by atoms with Crippen LogP contribution >= 0.6 is 0 Å². The van der Waals surface area contributed by atoms with Crippen molar-refractivity contribution in [3.05, 3.63) is 12.1 Å². The first kappa shape index (κ1) is 11.4. The molecule has 67 valence electrons. The number of hydrogen-bond donors (Lipinski definition) is 2. The van der Waals surface area contributed by atoms with Crippen molar-refractivity contribution in [1.29, 1.82) is 5.41 Å². The minimum Gasteiger partial charge on any atom is -0.391 e. The molecule has 0 heterocycles. The molecule has 0 aromatic heterocycles. The van der Waals surface area contributed by atoms with Gasteiger partial charge in [-0.2, -0.15) is 0 Å². The molecule has 0 fully saturated rings. The van der Waals surface area contributed by atoms with Crippen LogP contribution in [0.2, 0.25) is 5.31 Å². The van der Waals surface area contributed by atoms with Gasteiger partial charge >= 0.3 is 0 Å². The normalized spacial score (nSPS) is 12.4. The van der Waals surface area contributed by atoms with Gasteiger partial charge in [-0.1, -0.05) is 19.3 Å². The molecule has 0 bridgehead atoms. The number of rotatable bonds is 4. The van der Waals surface area contributed by atoms with E-state index in [2.05, 4.69) is 6.58 Å². The van der Waals surface area contributed by atoms with Gasteiger partial charge in [-0.3, -0.25) is 0 Å². The number of hydrogen-bond acceptors (Lipinski definition) is 2. The average molecular weight is 166 g/mol. The van der Waals surface area contributed by atoms with Crippen LogP contribution in [-0.2, 0) is 0 Å². The third-order valence-corrected chi connectivity index (χ3v) is 2.31. The molecule has 1 radical (unpaired) electrons. The molecule has 2 nitrogen and oxygen atoms in total. The maximum absolute atomic E-state index is 9.74. The Hall–Kier alpha value is -0.565. The van der Waals surface area contributed by atoms with Crippen LogP contribution < -0.4 is 0 Å². The van der Waals surface area contributed by atoms with Gasteiger partial charge in [0.1, 0.15) is 0 Å². The molecule has 3 heteroatoms. The van der Waals surface area contributed by atoms with Gasteiger partial charge in [0, 0.05) is 6.21 Å². The van der Waals surface area contributed by atoms with Gasteiger partial charge in [0.05, 0.1) is 5.60 Å². The molecule has 0 aliphatic heterocycles. The summed E-state index contributed by atoms with van der Waals surface area (Å²) >= 11 is 0. The van der Waals surface area contributed by atoms with E-state index in [0.717, 1.165) is 0 Å². The lowest BCUT2D eigenvalue weighted by molar-refractivity contribution is 0.0409. The van der Waals surface area contributed by atoms with Crippen molar-refractivity contribution in [1.82, 2.24) is 0 Å². The Labute approximate surface area is 75.4 Å². The van der Waals surface area contributed by atoms with Crippen LogP contribution in [0, 0.1) is 5.41 Å². The molecule has 0 aromatic rings. The Morgan fingerprint density at radius 2 is 1.83 bits per heavy atom. The lowest BCUT2D eigenvalue weighted by Crippen LogP contribution is -2.38. The highest BCUT2D eigenvalue weighted by Gasteiger charge is 2.35. The molecule has 2 N–H and O–H groups in total. The van der Waals surface area contributed by atoms with Crippen LogP contribution in [-0.4, -0.2) is 24.2 Å². The van der Waals surface area contributed by atoms with Gasteiger partial charge in [0.15, 0.2) is 7.28 Å². The van der Waals surface area contributed by atoms with Crippen molar-refractivity contribution in [2.75, 3.05) is 0 Å². The zero-order chi connectivity index (χ0) is 9.99. The topological polar surface area (TPSA) is 44.1 Å². The molecule has 0 saturated heterocycles. The summed E-state index contributed by atoms with van der Waals surface area (Å²) in [7, 11) is 1.81. The van der Waals surface area contributed by atoms with Crippen molar-refractivity contribution in [3.63, 3.8) is 0 Å². The molecule has 0 amide bonds. The molecule has 0 atom stereocenters. The van der Waals surface area contributed by atoms with Crippen LogP contribution in [0.1, 0.15) is 27.7 Å². The van der Waals surface area contributed by atoms with E-state index in [0.29, 0.717) is 5.47 Å². The largest absolute Gasteiger partial charge is 0.391 e. The summed E-state index contributed by atoms with van der Waals surface area (Å²) in [6, 6.07) is 0. The Kier molecular flexibility index (Phi) is 3.28. The third kappa shape index (κ3) is 2.82. The van der Waals surface area contributed by atoms with E-state index in [1.807, 2.05) is 13.8 Å². The van der Waals surface area contributed by atoms with Gasteiger partial charge in [-0.05, 0) is 19.2 Å².